The van der Waals surface area contributed by atoms with Crippen molar-refractivity contribution in [1.82, 2.24) is 5.43 Å². The van der Waals surface area contributed by atoms with E-state index >= 15 is 0 Å². The van der Waals surface area contributed by atoms with Gasteiger partial charge in [-0.3, -0.25) is 4.79 Å². The van der Waals surface area contributed by atoms with Gasteiger partial charge < -0.3 is 24.1 Å². The van der Waals surface area contributed by atoms with E-state index in [9.17, 15) is 9.90 Å². The molecule has 0 fully saturated rings. The lowest BCUT2D eigenvalue weighted by atomic mass is 9.85. The summed E-state index contributed by atoms with van der Waals surface area (Å²) >= 11 is 0. The molecule has 198 valence electrons. The highest BCUT2D eigenvalue weighted by molar-refractivity contribution is 5.91. The number of carbonyl (C=O) groups is 1. The van der Waals surface area contributed by atoms with Crippen molar-refractivity contribution in [2.24, 2.45) is 5.10 Å². The predicted molar refractivity (Wildman–Crippen MR) is 146 cm³/mol. The van der Waals surface area contributed by atoms with E-state index in [1.165, 1.54) is 6.21 Å². The van der Waals surface area contributed by atoms with Crippen LogP contribution in [0.4, 0.5) is 0 Å². The molecule has 39 heavy (non-hydrogen) atoms. The Morgan fingerprint density at radius 3 is 2.28 bits per heavy atom. The van der Waals surface area contributed by atoms with Gasteiger partial charge in [-0.2, -0.15) is 5.10 Å². The van der Waals surface area contributed by atoms with Crippen molar-refractivity contribution < 1.29 is 28.8 Å². The molecule has 4 aromatic rings. The predicted octanol–water partition coefficient (Wildman–Crippen LogP) is 4.78. The molecule has 8 nitrogen and oxygen atoms in total. The Labute approximate surface area is 226 Å². The van der Waals surface area contributed by atoms with Crippen molar-refractivity contribution in [2.75, 3.05) is 13.4 Å². The van der Waals surface area contributed by atoms with E-state index in [2.05, 4.69) is 10.5 Å². The van der Waals surface area contributed by atoms with Crippen molar-refractivity contribution in [1.29, 1.82) is 0 Å². The molecule has 0 spiro atoms. The maximum atomic E-state index is 13.2. The van der Waals surface area contributed by atoms with Crippen molar-refractivity contribution in [2.45, 2.75) is 19.1 Å². The van der Waals surface area contributed by atoms with E-state index in [0.29, 0.717) is 47.2 Å². The first-order chi connectivity index (χ1) is 19.1. The Kier molecular flexibility index (Phi) is 7.75. The molecule has 1 amide bonds. The SMILES string of the molecule is CCOc1cc(/C=N\NC(=O)C(O)(c2ccccc2)c2ccccc2)ccc1OCc1ccc2c(c1)OCO2. The Balaban J connectivity index is 1.29. The molecular formula is C31H28N2O6. The third-order valence-electron chi connectivity index (χ3n) is 6.19. The molecule has 4 aromatic carbocycles. The number of hydrazone groups is 1. The molecule has 0 radical (unpaired) electrons. The van der Waals surface area contributed by atoms with Crippen LogP contribution in [-0.2, 0) is 17.0 Å². The second-order valence-corrected chi connectivity index (χ2v) is 8.76. The molecule has 2 N–H and O–H groups in total. The maximum absolute atomic E-state index is 13.2. The minimum atomic E-state index is -1.91. The van der Waals surface area contributed by atoms with Crippen LogP contribution in [-0.4, -0.2) is 30.6 Å². The molecule has 1 aliphatic heterocycles. The monoisotopic (exact) mass is 524 g/mol. The van der Waals surface area contributed by atoms with Gasteiger partial charge in [0.05, 0.1) is 12.8 Å². The minimum absolute atomic E-state index is 0.218. The summed E-state index contributed by atoms with van der Waals surface area (Å²) in [5, 5.41) is 15.6. The van der Waals surface area contributed by atoms with Gasteiger partial charge in [0, 0.05) is 0 Å². The normalized spacial score (nSPS) is 12.4. The zero-order chi connectivity index (χ0) is 27.1. The van der Waals surface area contributed by atoms with Crippen molar-refractivity contribution in [3.63, 3.8) is 0 Å². The zero-order valence-corrected chi connectivity index (χ0v) is 21.4. The highest BCUT2D eigenvalue weighted by atomic mass is 16.7. The lowest BCUT2D eigenvalue weighted by Gasteiger charge is -2.27. The largest absolute Gasteiger partial charge is 0.490 e. The fourth-order valence-electron chi connectivity index (χ4n) is 4.22. The smallest absolute Gasteiger partial charge is 0.281 e. The van der Waals surface area contributed by atoms with Gasteiger partial charge in [0.25, 0.3) is 5.91 Å². The zero-order valence-electron chi connectivity index (χ0n) is 21.4. The Hall–Kier alpha value is -4.82. The Bertz CT molecular complexity index is 1420. The number of carbonyl (C=O) groups excluding carboxylic acids is 1. The quantitative estimate of drug-likeness (QED) is 0.229. The van der Waals surface area contributed by atoms with Crippen LogP contribution in [0.25, 0.3) is 0 Å². The maximum Gasteiger partial charge on any atom is 0.281 e. The summed E-state index contributed by atoms with van der Waals surface area (Å²) in [5.74, 6) is 1.85. The van der Waals surface area contributed by atoms with Crippen LogP contribution in [0.5, 0.6) is 23.0 Å². The molecular weight excluding hydrogens is 496 g/mol. The fourth-order valence-corrected chi connectivity index (χ4v) is 4.22. The second kappa shape index (κ2) is 11.7. The van der Waals surface area contributed by atoms with Crippen LogP contribution in [0.2, 0.25) is 0 Å². The first-order valence-electron chi connectivity index (χ1n) is 12.5. The van der Waals surface area contributed by atoms with E-state index in [1.807, 2.05) is 37.3 Å². The number of hydrogen-bond acceptors (Lipinski definition) is 7. The van der Waals surface area contributed by atoms with E-state index in [1.54, 1.807) is 66.7 Å². The van der Waals surface area contributed by atoms with Crippen LogP contribution in [0, 0.1) is 0 Å². The number of aliphatic hydroxyl groups is 1. The third kappa shape index (κ3) is 5.71. The topological polar surface area (TPSA) is 98.6 Å². The Morgan fingerprint density at radius 1 is 0.897 bits per heavy atom. The van der Waals surface area contributed by atoms with Crippen LogP contribution in [0.3, 0.4) is 0 Å². The molecule has 0 aromatic heterocycles. The molecule has 1 heterocycles. The van der Waals surface area contributed by atoms with Gasteiger partial charge in [0.2, 0.25) is 6.79 Å². The molecule has 0 aliphatic carbocycles. The van der Waals surface area contributed by atoms with Crippen LogP contribution >= 0.6 is 0 Å². The van der Waals surface area contributed by atoms with Crippen LogP contribution < -0.4 is 24.4 Å². The van der Waals surface area contributed by atoms with Gasteiger partial charge in [-0.1, -0.05) is 66.7 Å². The molecule has 1 aliphatic rings. The molecule has 0 bridgehead atoms. The first kappa shape index (κ1) is 25.8. The molecule has 0 unspecified atom stereocenters. The van der Waals surface area contributed by atoms with Crippen molar-refractivity contribution >= 4 is 12.1 Å². The number of nitrogens with one attached hydrogen (secondary N) is 1. The minimum Gasteiger partial charge on any atom is -0.490 e. The average molecular weight is 525 g/mol. The van der Waals surface area contributed by atoms with E-state index in [4.69, 9.17) is 18.9 Å². The number of ether oxygens (including phenoxy) is 4. The summed E-state index contributed by atoms with van der Waals surface area (Å²) in [5.41, 5.74) is 3.06. The number of hydrogen-bond donors (Lipinski definition) is 2. The summed E-state index contributed by atoms with van der Waals surface area (Å²) in [6.07, 6.45) is 1.48. The van der Waals surface area contributed by atoms with E-state index in [-0.39, 0.29) is 6.79 Å². The molecule has 0 saturated carbocycles. The van der Waals surface area contributed by atoms with Gasteiger partial charge in [-0.25, -0.2) is 5.43 Å². The second-order valence-electron chi connectivity index (χ2n) is 8.76. The van der Waals surface area contributed by atoms with Crippen molar-refractivity contribution in [3.05, 3.63) is 119 Å². The number of benzene rings is 4. The first-order valence-corrected chi connectivity index (χ1v) is 12.5. The molecule has 5 rings (SSSR count). The highest BCUT2D eigenvalue weighted by Gasteiger charge is 2.39. The van der Waals surface area contributed by atoms with Crippen molar-refractivity contribution in [3.8, 4) is 23.0 Å². The van der Waals surface area contributed by atoms with Crippen LogP contribution in [0.1, 0.15) is 29.2 Å². The van der Waals surface area contributed by atoms with Gasteiger partial charge in [0.15, 0.2) is 28.6 Å². The molecule has 0 atom stereocenters. The molecule has 8 heteroatoms. The number of rotatable bonds is 10. The summed E-state index contributed by atoms with van der Waals surface area (Å²) in [4.78, 5) is 13.2. The fraction of sp³-hybridized carbons (Fsp3) is 0.161. The van der Waals surface area contributed by atoms with Crippen LogP contribution in [0.15, 0.2) is 102 Å². The summed E-state index contributed by atoms with van der Waals surface area (Å²) in [6.45, 7) is 2.86. The Morgan fingerprint density at radius 2 is 1.59 bits per heavy atom. The van der Waals surface area contributed by atoms with Gasteiger partial charge in [0.1, 0.15) is 6.61 Å². The number of nitrogens with zero attached hydrogens (tertiary/aromatic N) is 1. The van der Waals surface area contributed by atoms with E-state index in [0.717, 1.165) is 11.3 Å². The number of amides is 1. The standard InChI is InChI=1S/C31H28N2O6/c1-2-36-28-17-22(13-15-26(28)37-20-23-14-16-27-29(18-23)39-21-38-27)19-32-33-30(34)31(35,24-9-5-3-6-10-24)25-11-7-4-8-12-25/h3-19,35H,2,20-21H2,1H3,(H,33,34)/b32-19-. The lowest BCUT2D eigenvalue weighted by molar-refractivity contribution is -0.136. The van der Waals surface area contributed by atoms with E-state index < -0.39 is 11.5 Å². The van der Waals surface area contributed by atoms with Gasteiger partial charge >= 0.3 is 0 Å². The third-order valence-corrected chi connectivity index (χ3v) is 6.19. The summed E-state index contributed by atoms with van der Waals surface area (Å²) < 4.78 is 22.6. The van der Waals surface area contributed by atoms with Gasteiger partial charge in [-0.05, 0) is 59.5 Å². The number of fused-ring (bicyclic) bond motifs is 1. The highest BCUT2D eigenvalue weighted by Crippen LogP contribution is 2.34. The summed E-state index contributed by atoms with van der Waals surface area (Å²) in [6, 6.07) is 28.5. The molecule has 0 saturated heterocycles. The average Bonchev–Trinajstić information content (AvgIpc) is 3.45. The van der Waals surface area contributed by atoms with Gasteiger partial charge in [-0.15, -0.1) is 0 Å². The summed E-state index contributed by atoms with van der Waals surface area (Å²) in [7, 11) is 0. The lowest BCUT2D eigenvalue weighted by Crippen LogP contribution is -2.43.